The third-order valence-corrected chi connectivity index (χ3v) is 3.92. The lowest BCUT2D eigenvalue weighted by Gasteiger charge is -2.13. The molecule has 0 fully saturated rings. The van der Waals surface area contributed by atoms with E-state index in [2.05, 4.69) is 5.32 Å². The average Bonchev–Trinajstić information content (AvgIpc) is 2.63. The molecule has 0 spiro atoms. The Labute approximate surface area is 167 Å². The van der Waals surface area contributed by atoms with Gasteiger partial charge < -0.3 is 19.5 Å². The van der Waals surface area contributed by atoms with Crippen LogP contribution >= 0.6 is 24.0 Å². The van der Waals surface area contributed by atoms with E-state index in [1.165, 1.54) is 0 Å². The molecule has 6 heteroatoms. The van der Waals surface area contributed by atoms with Crippen molar-refractivity contribution in [3.8, 4) is 11.5 Å². The first-order chi connectivity index (χ1) is 12.2. The smallest absolute Gasteiger partial charge is 0.161 e. The van der Waals surface area contributed by atoms with Crippen molar-refractivity contribution in [2.24, 2.45) is 0 Å². The van der Waals surface area contributed by atoms with Crippen molar-refractivity contribution in [1.82, 2.24) is 5.32 Å². The molecule has 2 aromatic carbocycles. The highest BCUT2D eigenvalue weighted by molar-refractivity contribution is 6.30. The number of methoxy groups -OCH3 is 1. The molecule has 2 aromatic rings. The summed E-state index contributed by atoms with van der Waals surface area (Å²) in [6.45, 7) is 5.74. The predicted molar refractivity (Wildman–Crippen MR) is 109 cm³/mol. The quantitative estimate of drug-likeness (QED) is 0.547. The van der Waals surface area contributed by atoms with Gasteiger partial charge in [-0.1, -0.05) is 29.8 Å². The summed E-state index contributed by atoms with van der Waals surface area (Å²) >= 11 is 6.00. The van der Waals surface area contributed by atoms with Gasteiger partial charge in [0.1, 0.15) is 6.61 Å². The van der Waals surface area contributed by atoms with Gasteiger partial charge in [-0.2, -0.15) is 0 Å². The fourth-order valence-corrected chi connectivity index (χ4v) is 2.62. The van der Waals surface area contributed by atoms with Gasteiger partial charge in [0, 0.05) is 24.8 Å². The molecule has 0 radical (unpaired) electrons. The first kappa shape index (κ1) is 22.6. The second-order valence-corrected chi connectivity index (χ2v) is 6.07. The molecular formula is C20H27Cl2NO3. The van der Waals surface area contributed by atoms with Crippen LogP contribution < -0.4 is 14.8 Å². The van der Waals surface area contributed by atoms with E-state index < -0.39 is 0 Å². The van der Waals surface area contributed by atoms with Gasteiger partial charge in [0.25, 0.3) is 0 Å². The molecule has 2 rings (SSSR count). The molecule has 26 heavy (non-hydrogen) atoms. The molecule has 0 saturated carbocycles. The molecule has 0 bridgehead atoms. The number of ether oxygens (including phenoxy) is 3. The fourth-order valence-electron chi connectivity index (χ4n) is 2.41. The van der Waals surface area contributed by atoms with E-state index in [1.54, 1.807) is 7.11 Å². The Bertz CT molecular complexity index is 653. The van der Waals surface area contributed by atoms with Gasteiger partial charge in [0.2, 0.25) is 0 Å². The number of hydrogen-bond donors (Lipinski definition) is 1. The lowest BCUT2D eigenvalue weighted by Crippen LogP contribution is -2.16. The summed E-state index contributed by atoms with van der Waals surface area (Å²) < 4.78 is 16.7. The van der Waals surface area contributed by atoms with Crippen LogP contribution in [0.5, 0.6) is 11.5 Å². The second kappa shape index (κ2) is 12.8. The Balaban J connectivity index is 0.00000338. The van der Waals surface area contributed by atoms with Crippen molar-refractivity contribution in [3.05, 3.63) is 58.6 Å². The summed E-state index contributed by atoms with van der Waals surface area (Å²) in [6.07, 6.45) is 1.01. The highest BCUT2D eigenvalue weighted by Gasteiger charge is 2.06. The fraction of sp³-hybridized carbons (Fsp3) is 0.400. The van der Waals surface area contributed by atoms with Crippen LogP contribution in [0.25, 0.3) is 0 Å². The Kier molecular flexibility index (Phi) is 11.1. The monoisotopic (exact) mass is 399 g/mol. The Morgan fingerprint density at radius 1 is 1.04 bits per heavy atom. The van der Waals surface area contributed by atoms with Crippen LogP contribution in [0.15, 0.2) is 42.5 Å². The van der Waals surface area contributed by atoms with E-state index in [0.29, 0.717) is 11.6 Å². The van der Waals surface area contributed by atoms with Crippen LogP contribution in [-0.4, -0.2) is 26.9 Å². The molecular weight excluding hydrogens is 373 g/mol. The number of hydrogen-bond acceptors (Lipinski definition) is 4. The molecule has 0 unspecified atom stereocenters. The van der Waals surface area contributed by atoms with E-state index in [1.807, 2.05) is 49.4 Å². The summed E-state index contributed by atoms with van der Waals surface area (Å²) in [6, 6.07) is 13.6. The highest BCUT2D eigenvalue weighted by Crippen LogP contribution is 2.29. The van der Waals surface area contributed by atoms with Crippen LogP contribution in [0.1, 0.15) is 24.5 Å². The maximum atomic E-state index is 6.00. The number of benzene rings is 2. The summed E-state index contributed by atoms with van der Waals surface area (Å²) in [5, 5.41) is 4.11. The van der Waals surface area contributed by atoms with Gasteiger partial charge in [-0.25, -0.2) is 0 Å². The van der Waals surface area contributed by atoms with E-state index in [4.69, 9.17) is 25.8 Å². The zero-order valence-corrected chi connectivity index (χ0v) is 16.9. The number of rotatable bonds is 11. The summed E-state index contributed by atoms with van der Waals surface area (Å²) in [4.78, 5) is 0. The van der Waals surface area contributed by atoms with Crippen LogP contribution in [0, 0.1) is 0 Å². The molecule has 0 atom stereocenters. The maximum Gasteiger partial charge on any atom is 0.161 e. The van der Waals surface area contributed by atoms with Crippen molar-refractivity contribution in [3.63, 3.8) is 0 Å². The molecule has 0 aromatic heterocycles. The first-order valence-corrected chi connectivity index (χ1v) is 8.93. The van der Waals surface area contributed by atoms with Crippen molar-refractivity contribution >= 4 is 24.0 Å². The summed E-state index contributed by atoms with van der Waals surface area (Å²) in [5.74, 6) is 1.46. The standard InChI is InChI=1S/C20H26ClNO3.ClH/c1-3-24-11-5-10-22-14-16-8-9-19(20(13-16)23-2)25-15-17-6-4-7-18(21)12-17;/h4,6-9,12-13,22H,3,5,10-11,14-15H2,1-2H3;1H. The molecule has 4 nitrogen and oxygen atoms in total. The van der Waals surface area contributed by atoms with Gasteiger partial charge in [-0.05, 0) is 55.3 Å². The molecule has 0 aliphatic carbocycles. The minimum absolute atomic E-state index is 0. The average molecular weight is 400 g/mol. The van der Waals surface area contributed by atoms with Gasteiger partial charge in [-0.15, -0.1) is 12.4 Å². The van der Waals surface area contributed by atoms with Gasteiger partial charge in [0.15, 0.2) is 11.5 Å². The van der Waals surface area contributed by atoms with Crippen LogP contribution in [0.3, 0.4) is 0 Å². The van der Waals surface area contributed by atoms with Gasteiger partial charge in [-0.3, -0.25) is 0 Å². The third-order valence-electron chi connectivity index (χ3n) is 3.69. The van der Waals surface area contributed by atoms with Crippen molar-refractivity contribution in [1.29, 1.82) is 0 Å². The molecule has 144 valence electrons. The maximum absolute atomic E-state index is 6.00. The van der Waals surface area contributed by atoms with E-state index in [0.717, 1.165) is 55.4 Å². The first-order valence-electron chi connectivity index (χ1n) is 8.55. The number of halogens is 2. The van der Waals surface area contributed by atoms with Gasteiger partial charge in [0.05, 0.1) is 7.11 Å². The molecule has 0 amide bonds. The van der Waals surface area contributed by atoms with Crippen molar-refractivity contribution in [2.75, 3.05) is 26.9 Å². The zero-order chi connectivity index (χ0) is 17.9. The van der Waals surface area contributed by atoms with Crippen LogP contribution in [-0.2, 0) is 17.9 Å². The second-order valence-electron chi connectivity index (χ2n) is 5.63. The Morgan fingerprint density at radius 3 is 2.62 bits per heavy atom. The summed E-state index contributed by atoms with van der Waals surface area (Å²) in [5.41, 5.74) is 2.18. The number of nitrogens with one attached hydrogen (secondary N) is 1. The minimum atomic E-state index is 0. The molecule has 0 saturated heterocycles. The lowest BCUT2D eigenvalue weighted by molar-refractivity contribution is 0.144. The molecule has 0 aliphatic rings. The zero-order valence-electron chi connectivity index (χ0n) is 15.3. The SMILES string of the molecule is CCOCCCNCc1ccc(OCc2cccc(Cl)c2)c(OC)c1.Cl. The minimum Gasteiger partial charge on any atom is -0.493 e. The summed E-state index contributed by atoms with van der Waals surface area (Å²) in [7, 11) is 1.65. The van der Waals surface area contributed by atoms with E-state index >= 15 is 0 Å². The van der Waals surface area contributed by atoms with Crippen molar-refractivity contribution in [2.45, 2.75) is 26.5 Å². The predicted octanol–water partition coefficient (Wildman–Crippen LogP) is 4.87. The van der Waals surface area contributed by atoms with E-state index in [-0.39, 0.29) is 12.4 Å². The molecule has 0 heterocycles. The largest absolute Gasteiger partial charge is 0.493 e. The highest BCUT2D eigenvalue weighted by atomic mass is 35.5. The van der Waals surface area contributed by atoms with Crippen LogP contribution in [0.2, 0.25) is 5.02 Å². The van der Waals surface area contributed by atoms with Crippen LogP contribution in [0.4, 0.5) is 0 Å². The normalized spacial score (nSPS) is 10.3. The third kappa shape index (κ3) is 7.83. The molecule has 0 aliphatic heterocycles. The Hall–Kier alpha value is -1.46. The van der Waals surface area contributed by atoms with Gasteiger partial charge >= 0.3 is 0 Å². The Morgan fingerprint density at radius 2 is 1.88 bits per heavy atom. The van der Waals surface area contributed by atoms with E-state index in [9.17, 15) is 0 Å². The van der Waals surface area contributed by atoms with Crippen molar-refractivity contribution < 1.29 is 14.2 Å². The lowest BCUT2D eigenvalue weighted by atomic mass is 10.2. The topological polar surface area (TPSA) is 39.7 Å². The molecule has 1 N–H and O–H groups in total.